The topological polar surface area (TPSA) is 102 Å². The highest BCUT2D eigenvalue weighted by atomic mass is 32.2. The molecule has 0 spiro atoms. The molecule has 1 unspecified atom stereocenters. The SMILES string of the molecule is CCCNC(=O)C(C)OC(=O)c1ccc(S(=O)(=O)NC)cc1. The Hall–Kier alpha value is -1.93. The first kappa shape index (κ1) is 18.1. The van der Waals surface area contributed by atoms with Gasteiger partial charge in [0.05, 0.1) is 10.5 Å². The molecule has 22 heavy (non-hydrogen) atoms. The Kier molecular flexibility index (Phi) is 6.51. The van der Waals surface area contributed by atoms with E-state index < -0.39 is 22.1 Å². The summed E-state index contributed by atoms with van der Waals surface area (Å²) in [6.45, 7) is 3.90. The van der Waals surface area contributed by atoms with Gasteiger partial charge >= 0.3 is 5.97 Å². The minimum atomic E-state index is -3.55. The first-order valence-electron chi connectivity index (χ1n) is 6.84. The second-order valence-electron chi connectivity index (χ2n) is 4.57. The molecule has 8 heteroatoms. The quantitative estimate of drug-likeness (QED) is 0.716. The molecule has 0 heterocycles. The van der Waals surface area contributed by atoms with Crippen molar-refractivity contribution in [2.75, 3.05) is 13.6 Å². The van der Waals surface area contributed by atoms with Crippen molar-refractivity contribution < 1.29 is 22.7 Å². The number of sulfonamides is 1. The Labute approximate surface area is 130 Å². The molecule has 1 rings (SSSR count). The lowest BCUT2D eigenvalue weighted by Gasteiger charge is -2.13. The van der Waals surface area contributed by atoms with Crippen molar-refractivity contribution >= 4 is 21.9 Å². The number of hydrogen-bond acceptors (Lipinski definition) is 5. The normalized spacial score (nSPS) is 12.5. The van der Waals surface area contributed by atoms with E-state index in [4.69, 9.17) is 4.74 Å². The van der Waals surface area contributed by atoms with Crippen molar-refractivity contribution in [1.82, 2.24) is 10.0 Å². The zero-order valence-electron chi connectivity index (χ0n) is 12.8. The third-order valence-corrected chi connectivity index (χ3v) is 4.30. The van der Waals surface area contributed by atoms with E-state index in [1.807, 2.05) is 6.92 Å². The lowest BCUT2D eigenvalue weighted by Crippen LogP contribution is -2.36. The van der Waals surface area contributed by atoms with Gasteiger partial charge in [0, 0.05) is 6.54 Å². The minimum absolute atomic E-state index is 0.0419. The first-order valence-corrected chi connectivity index (χ1v) is 8.32. The number of amides is 1. The molecule has 1 amide bonds. The van der Waals surface area contributed by atoms with Crippen LogP contribution in [0.3, 0.4) is 0 Å². The second-order valence-corrected chi connectivity index (χ2v) is 6.46. The predicted molar refractivity (Wildman–Crippen MR) is 80.9 cm³/mol. The number of carbonyl (C=O) groups is 2. The van der Waals surface area contributed by atoms with Crippen LogP contribution in [0.5, 0.6) is 0 Å². The van der Waals surface area contributed by atoms with E-state index in [2.05, 4.69) is 10.0 Å². The highest BCUT2D eigenvalue weighted by molar-refractivity contribution is 7.89. The van der Waals surface area contributed by atoms with Crippen LogP contribution in [0.25, 0.3) is 0 Å². The molecule has 7 nitrogen and oxygen atoms in total. The highest BCUT2D eigenvalue weighted by Crippen LogP contribution is 2.11. The molecule has 0 aromatic heterocycles. The third kappa shape index (κ3) is 4.81. The summed E-state index contributed by atoms with van der Waals surface area (Å²) in [5.74, 6) is -1.06. The van der Waals surface area contributed by atoms with Gasteiger partial charge in [0.25, 0.3) is 5.91 Å². The van der Waals surface area contributed by atoms with Crippen LogP contribution in [0.1, 0.15) is 30.6 Å². The third-order valence-electron chi connectivity index (χ3n) is 2.87. The van der Waals surface area contributed by atoms with E-state index in [1.54, 1.807) is 0 Å². The lowest BCUT2D eigenvalue weighted by molar-refractivity contribution is -0.129. The summed E-state index contributed by atoms with van der Waals surface area (Å²) in [5.41, 5.74) is 0.171. The molecule has 0 fully saturated rings. The fourth-order valence-electron chi connectivity index (χ4n) is 1.56. The van der Waals surface area contributed by atoms with Crippen LogP contribution in [0.2, 0.25) is 0 Å². The van der Waals surface area contributed by atoms with Crippen LogP contribution in [0.15, 0.2) is 29.2 Å². The molecular weight excluding hydrogens is 308 g/mol. The van der Waals surface area contributed by atoms with Crippen molar-refractivity contribution in [3.05, 3.63) is 29.8 Å². The molecule has 0 aliphatic rings. The van der Waals surface area contributed by atoms with E-state index in [1.165, 1.54) is 38.2 Å². The molecule has 0 saturated carbocycles. The second kappa shape index (κ2) is 7.90. The molecule has 0 radical (unpaired) electrons. The van der Waals surface area contributed by atoms with Gasteiger partial charge in [-0.2, -0.15) is 0 Å². The Morgan fingerprint density at radius 3 is 2.32 bits per heavy atom. The molecule has 1 atom stereocenters. The van der Waals surface area contributed by atoms with E-state index in [0.29, 0.717) is 6.54 Å². The van der Waals surface area contributed by atoms with Gasteiger partial charge in [-0.25, -0.2) is 17.9 Å². The monoisotopic (exact) mass is 328 g/mol. The number of carbonyl (C=O) groups excluding carboxylic acids is 2. The molecule has 122 valence electrons. The summed E-state index contributed by atoms with van der Waals surface area (Å²) < 4.78 is 30.3. The van der Waals surface area contributed by atoms with Gasteiger partial charge in [0.2, 0.25) is 10.0 Å². The minimum Gasteiger partial charge on any atom is -0.449 e. The Balaban J connectivity index is 2.72. The van der Waals surface area contributed by atoms with Gasteiger partial charge in [-0.15, -0.1) is 0 Å². The van der Waals surface area contributed by atoms with Crippen molar-refractivity contribution in [2.24, 2.45) is 0 Å². The number of nitrogens with one attached hydrogen (secondary N) is 2. The van der Waals surface area contributed by atoms with Gasteiger partial charge in [-0.3, -0.25) is 4.79 Å². The summed E-state index contributed by atoms with van der Waals surface area (Å²) in [6.07, 6.45) is -0.131. The molecule has 1 aromatic rings. The van der Waals surface area contributed by atoms with E-state index in [-0.39, 0.29) is 16.4 Å². The average Bonchev–Trinajstić information content (AvgIpc) is 2.52. The number of benzene rings is 1. The maximum absolute atomic E-state index is 11.9. The van der Waals surface area contributed by atoms with Gasteiger partial charge in [-0.1, -0.05) is 6.92 Å². The van der Waals surface area contributed by atoms with Gasteiger partial charge in [0.15, 0.2) is 6.10 Å². The van der Waals surface area contributed by atoms with Crippen molar-refractivity contribution in [3.63, 3.8) is 0 Å². The molecule has 2 N–H and O–H groups in total. The maximum Gasteiger partial charge on any atom is 0.338 e. The molecule has 0 aliphatic heterocycles. The fraction of sp³-hybridized carbons (Fsp3) is 0.429. The molecular formula is C14H20N2O5S. The van der Waals surface area contributed by atoms with Crippen LogP contribution < -0.4 is 10.0 Å². The van der Waals surface area contributed by atoms with Crippen molar-refractivity contribution in [1.29, 1.82) is 0 Å². The standard InChI is InChI=1S/C14H20N2O5S/c1-4-9-16-13(17)10(2)21-14(18)11-5-7-12(8-6-11)22(19,20)15-3/h5-8,10,15H,4,9H2,1-3H3,(H,16,17). The van der Waals surface area contributed by atoms with E-state index >= 15 is 0 Å². The summed E-state index contributed by atoms with van der Waals surface area (Å²) in [4.78, 5) is 23.6. The van der Waals surface area contributed by atoms with Gasteiger partial charge in [-0.05, 0) is 44.7 Å². The zero-order chi connectivity index (χ0) is 16.8. The Morgan fingerprint density at radius 2 is 1.82 bits per heavy atom. The maximum atomic E-state index is 11.9. The molecule has 0 aliphatic carbocycles. The highest BCUT2D eigenvalue weighted by Gasteiger charge is 2.19. The van der Waals surface area contributed by atoms with Crippen LogP contribution in [-0.2, 0) is 19.6 Å². The fourth-order valence-corrected chi connectivity index (χ4v) is 2.29. The smallest absolute Gasteiger partial charge is 0.338 e. The van der Waals surface area contributed by atoms with Crippen LogP contribution >= 0.6 is 0 Å². The van der Waals surface area contributed by atoms with E-state index in [0.717, 1.165) is 6.42 Å². The van der Waals surface area contributed by atoms with Crippen LogP contribution in [0, 0.1) is 0 Å². The van der Waals surface area contributed by atoms with Gasteiger partial charge in [0.1, 0.15) is 0 Å². The number of rotatable bonds is 7. The summed E-state index contributed by atoms with van der Waals surface area (Å²) >= 11 is 0. The van der Waals surface area contributed by atoms with Crippen LogP contribution in [-0.4, -0.2) is 40.0 Å². The number of esters is 1. The van der Waals surface area contributed by atoms with Gasteiger partial charge < -0.3 is 10.1 Å². The first-order chi connectivity index (χ1) is 10.3. The summed E-state index contributed by atoms with van der Waals surface area (Å²) in [6, 6.07) is 5.26. The predicted octanol–water partition coefficient (Wildman–Crippen LogP) is 0.666. The largest absolute Gasteiger partial charge is 0.449 e. The zero-order valence-corrected chi connectivity index (χ0v) is 13.6. The summed E-state index contributed by atoms with van der Waals surface area (Å²) in [5, 5.41) is 2.62. The molecule has 0 bridgehead atoms. The van der Waals surface area contributed by atoms with Crippen molar-refractivity contribution in [3.8, 4) is 0 Å². The lowest BCUT2D eigenvalue weighted by atomic mass is 10.2. The van der Waals surface area contributed by atoms with E-state index in [9.17, 15) is 18.0 Å². The summed E-state index contributed by atoms with van der Waals surface area (Å²) in [7, 11) is -2.25. The van der Waals surface area contributed by atoms with Crippen LogP contribution in [0.4, 0.5) is 0 Å². The number of hydrogen-bond donors (Lipinski definition) is 2. The van der Waals surface area contributed by atoms with Crippen molar-refractivity contribution in [2.45, 2.75) is 31.3 Å². The Morgan fingerprint density at radius 1 is 1.23 bits per heavy atom. The average molecular weight is 328 g/mol. The molecule has 0 saturated heterocycles. The number of ether oxygens (including phenoxy) is 1. The Bertz CT molecular complexity index is 625. The molecule has 1 aromatic carbocycles.